The third-order valence-electron chi connectivity index (χ3n) is 2.12. The van der Waals surface area contributed by atoms with Gasteiger partial charge in [-0.1, -0.05) is 11.6 Å². The van der Waals surface area contributed by atoms with E-state index in [0.29, 0.717) is 12.4 Å². The van der Waals surface area contributed by atoms with Gasteiger partial charge in [-0.15, -0.1) is 0 Å². The molecule has 2 rings (SSSR count). The van der Waals surface area contributed by atoms with Crippen molar-refractivity contribution in [3.8, 4) is 0 Å². The standard InChI is InChI=1S/C10H13N5/c1-7-2-8(5-11)4-9(3-7)10-14-12-6-13-15-10/h2-4,6H,5,11H2,1H3,(H,12,13)(H,14,15). The van der Waals surface area contributed by atoms with E-state index >= 15 is 0 Å². The molecule has 1 aliphatic rings. The lowest BCUT2D eigenvalue weighted by Gasteiger charge is -2.11. The summed E-state index contributed by atoms with van der Waals surface area (Å²) in [5.41, 5.74) is 14.4. The second kappa shape index (κ2) is 4.10. The Morgan fingerprint density at radius 2 is 2.20 bits per heavy atom. The van der Waals surface area contributed by atoms with Gasteiger partial charge in [0.25, 0.3) is 0 Å². The van der Waals surface area contributed by atoms with Crippen LogP contribution in [0.5, 0.6) is 0 Å². The third-order valence-corrected chi connectivity index (χ3v) is 2.12. The van der Waals surface area contributed by atoms with Crippen LogP contribution in [0.4, 0.5) is 0 Å². The van der Waals surface area contributed by atoms with Gasteiger partial charge in [0, 0.05) is 12.1 Å². The number of hydrazone groups is 2. The summed E-state index contributed by atoms with van der Waals surface area (Å²) in [5.74, 6) is 0.705. The van der Waals surface area contributed by atoms with Crippen LogP contribution in [0.2, 0.25) is 0 Å². The number of benzene rings is 1. The fourth-order valence-corrected chi connectivity index (χ4v) is 1.49. The molecule has 0 spiro atoms. The van der Waals surface area contributed by atoms with Crippen molar-refractivity contribution in [3.63, 3.8) is 0 Å². The van der Waals surface area contributed by atoms with E-state index < -0.39 is 0 Å². The molecule has 4 N–H and O–H groups in total. The molecule has 0 radical (unpaired) electrons. The number of aryl methyl sites for hydroxylation is 1. The van der Waals surface area contributed by atoms with Gasteiger partial charge in [-0.05, 0) is 24.6 Å². The Morgan fingerprint density at radius 3 is 2.87 bits per heavy atom. The summed E-state index contributed by atoms with van der Waals surface area (Å²) in [6.07, 6.45) is 1.49. The predicted molar refractivity (Wildman–Crippen MR) is 60.4 cm³/mol. The first-order valence-electron chi connectivity index (χ1n) is 4.71. The van der Waals surface area contributed by atoms with Gasteiger partial charge in [-0.2, -0.15) is 10.2 Å². The maximum absolute atomic E-state index is 5.61. The number of hydrogen-bond acceptors (Lipinski definition) is 5. The van der Waals surface area contributed by atoms with Crippen molar-refractivity contribution in [1.29, 1.82) is 0 Å². The van der Waals surface area contributed by atoms with Gasteiger partial charge in [0.15, 0.2) is 5.84 Å². The van der Waals surface area contributed by atoms with Crippen LogP contribution in [0.25, 0.3) is 0 Å². The summed E-state index contributed by atoms with van der Waals surface area (Å²) in [7, 11) is 0. The topological polar surface area (TPSA) is 74.8 Å². The minimum atomic E-state index is 0.526. The summed E-state index contributed by atoms with van der Waals surface area (Å²) in [5, 5.41) is 7.95. The quantitative estimate of drug-likeness (QED) is 0.645. The molecule has 0 atom stereocenters. The number of nitrogens with two attached hydrogens (primary N) is 1. The monoisotopic (exact) mass is 203 g/mol. The molecule has 5 nitrogen and oxygen atoms in total. The average molecular weight is 203 g/mol. The van der Waals surface area contributed by atoms with Crippen molar-refractivity contribution < 1.29 is 0 Å². The maximum Gasteiger partial charge on any atom is 0.173 e. The molecular weight excluding hydrogens is 190 g/mol. The molecule has 78 valence electrons. The van der Waals surface area contributed by atoms with Gasteiger partial charge < -0.3 is 5.73 Å². The molecule has 0 saturated heterocycles. The first kappa shape index (κ1) is 9.67. The molecule has 1 aliphatic heterocycles. The number of nitrogens with zero attached hydrogens (tertiary/aromatic N) is 2. The minimum Gasteiger partial charge on any atom is -0.326 e. The van der Waals surface area contributed by atoms with Crippen LogP contribution in [0, 0.1) is 6.92 Å². The number of rotatable bonds is 2. The lowest BCUT2D eigenvalue weighted by atomic mass is 10.1. The highest BCUT2D eigenvalue weighted by Gasteiger charge is 2.06. The molecule has 0 amide bonds. The van der Waals surface area contributed by atoms with Gasteiger partial charge in [-0.25, -0.2) is 0 Å². The Hall–Kier alpha value is -1.88. The maximum atomic E-state index is 5.61. The van der Waals surface area contributed by atoms with E-state index in [-0.39, 0.29) is 0 Å². The Morgan fingerprint density at radius 1 is 1.33 bits per heavy atom. The van der Waals surface area contributed by atoms with Crippen molar-refractivity contribution >= 4 is 12.2 Å². The van der Waals surface area contributed by atoms with Crippen molar-refractivity contribution in [3.05, 3.63) is 34.9 Å². The van der Waals surface area contributed by atoms with Crippen LogP contribution in [0.1, 0.15) is 16.7 Å². The van der Waals surface area contributed by atoms with Crippen molar-refractivity contribution in [2.45, 2.75) is 13.5 Å². The van der Waals surface area contributed by atoms with E-state index in [9.17, 15) is 0 Å². The molecule has 5 heteroatoms. The van der Waals surface area contributed by atoms with Gasteiger partial charge in [-0.3, -0.25) is 10.9 Å². The fraction of sp³-hybridized carbons (Fsp3) is 0.200. The Labute approximate surface area is 88.1 Å². The van der Waals surface area contributed by atoms with Gasteiger partial charge in [0.05, 0.1) is 0 Å². The number of nitrogens with one attached hydrogen (secondary N) is 2. The van der Waals surface area contributed by atoms with Crippen LogP contribution in [0.3, 0.4) is 0 Å². The number of hydrogen-bond donors (Lipinski definition) is 3. The van der Waals surface area contributed by atoms with Crippen LogP contribution >= 0.6 is 0 Å². The summed E-state index contributed by atoms with van der Waals surface area (Å²) >= 11 is 0. The van der Waals surface area contributed by atoms with E-state index in [4.69, 9.17) is 5.73 Å². The molecule has 0 aliphatic carbocycles. The first-order valence-corrected chi connectivity index (χ1v) is 4.71. The molecule has 1 aromatic carbocycles. The normalized spacial score (nSPS) is 14.1. The molecule has 0 fully saturated rings. The van der Waals surface area contributed by atoms with Crippen molar-refractivity contribution in [1.82, 2.24) is 10.9 Å². The molecule has 0 aromatic heterocycles. The van der Waals surface area contributed by atoms with Gasteiger partial charge >= 0.3 is 0 Å². The largest absolute Gasteiger partial charge is 0.326 e. The molecule has 15 heavy (non-hydrogen) atoms. The zero-order valence-electron chi connectivity index (χ0n) is 8.49. The molecule has 0 bridgehead atoms. The Kier molecular flexibility index (Phi) is 2.64. The smallest absolute Gasteiger partial charge is 0.173 e. The fourth-order valence-electron chi connectivity index (χ4n) is 1.49. The SMILES string of the molecule is Cc1cc(CN)cc(C2=NNC=NN2)c1. The lowest BCUT2D eigenvalue weighted by molar-refractivity contribution is 0.904. The van der Waals surface area contributed by atoms with Crippen LogP contribution in [0.15, 0.2) is 28.4 Å². The summed E-state index contributed by atoms with van der Waals surface area (Å²) < 4.78 is 0. The van der Waals surface area contributed by atoms with Crippen molar-refractivity contribution in [2.75, 3.05) is 0 Å². The van der Waals surface area contributed by atoms with Crippen LogP contribution in [-0.4, -0.2) is 12.2 Å². The van der Waals surface area contributed by atoms with E-state index in [1.165, 1.54) is 6.34 Å². The highest BCUT2D eigenvalue weighted by Crippen LogP contribution is 2.10. The Bertz CT molecular complexity index is 422. The van der Waals surface area contributed by atoms with E-state index in [2.05, 4.69) is 27.1 Å². The molecule has 1 aromatic rings. The Balaban J connectivity index is 2.35. The first-order chi connectivity index (χ1) is 7.29. The van der Waals surface area contributed by atoms with Crippen molar-refractivity contribution in [2.24, 2.45) is 15.9 Å². The third kappa shape index (κ3) is 2.13. The second-order valence-electron chi connectivity index (χ2n) is 3.37. The zero-order chi connectivity index (χ0) is 10.7. The molecule has 0 saturated carbocycles. The van der Waals surface area contributed by atoms with Gasteiger partial charge in [0.2, 0.25) is 0 Å². The molecule has 1 heterocycles. The predicted octanol–water partition coefficient (Wildman–Crippen LogP) is 0.251. The van der Waals surface area contributed by atoms with E-state index in [1.807, 2.05) is 19.1 Å². The van der Waals surface area contributed by atoms with Crippen LogP contribution < -0.4 is 16.6 Å². The highest BCUT2D eigenvalue weighted by atomic mass is 15.5. The lowest BCUT2D eigenvalue weighted by Crippen LogP contribution is -2.28. The van der Waals surface area contributed by atoms with E-state index in [1.54, 1.807) is 0 Å². The second-order valence-corrected chi connectivity index (χ2v) is 3.37. The summed E-state index contributed by atoms with van der Waals surface area (Å²) in [6.45, 7) is 2.56. The number of amidine groups is 1. The zero-order valence-corrected chi connectivity index (χ0v) is 8.49. The highest BCUT2D eigenvalue weighted by molar-refractivity contribution is 6.00. The van der Waals surface area contributed by atoms with E-state index in [0.717, 1.165) is 16.7 Å². The van der Waals surface area contributed by atoms with Crippen LogP contribution in [-0.2, 0) is 6.54 Å². The minimum absolute atomic E-state index is 0.526. The van der Waals surface area contributed by atoms with Gasteiger partial charge in [0.1, 0.15) is 6.34 Å². The average Bonchev–Trinajstić information content (AvgIpc) is 2.29. The molecular formula is C10H13N5. The summed E-state index contributed by atoms with van der Waals surface area (Å²) in [4.78, 5) is 0. The molecule has 0 unspecified atom stereocenters. The summed E-state index contributed by atoms with van der Waals surface area (Å²) in [6, 6.07) is 6.10.